The number of hydrogen-bond acceptors (Lipinski definition) is 4. The lowest BCUT2D eigenvalue weighted by Gasteiger charge is -2.08. The topological polar surface area (TPSA) is 93.1 Å². The van der Waals surface area contributed by atoms with Crippen LogP contribution in [0.2, 0.25) is 5.02 Å². The highest BCUT2D eigenvalue weighted by molar-refractivity contribution is 6.30. The third kappa shape index (κ3) is 5.05. The number of nitrogens with zero attached hydrogens (tertiary/aromatic N) is 2. The van der Waals surface area contributed by atoms with Gasteiger partial charge in [0.15, 0.2) is 0 Å². The van der Waals surface area contributed by atoms with Gasteiger partial charge in [0, 0.05) is 47.3 Å². The summed E-state index contributed by atoms with van der Waals surface area (Å²) in [7, 11) is 0. The second-order valence-electron chi connectivity index (χ2n) is 5.89. The van der Waals surface area contributed by atoms with Crippen molar-refractivity contribution < 1.29 is 9.59 Å². The Morgan fingerprint density at radius 1 is 1.04 bits per heavy atom. The van der Waals surface area contributed by atoms with Gasteiger partial charge in [0.05, 0.1) is 6.20 Å². The summed E-state index contributed by atoms with van der Waals surface area (Å²) in [6, 6.07) is 13.3. The summed E-state index contributed by atoms with van der Waals surface area (Å²) >= 11 is 5.80. The number of nitrogens with one attached hydrogen (secondary N) is 2. The van der Waals surface area contributed by atoms with Crippen LogP contribution < -0.4 is 16.2 Å². The molecule has 3 rings (SSSR count). The lowest BCUT2D eigenvalue weighted by atomic mass is 10.2. The highest BCUT2D eigenvalue weighted by atomic mass is 35.5. The molecule has 0 atom stereocenters. The van der Waals surface area contributed by atoms with E-state index in [2.05, 4.69) is 15.6 Å². The molecular formula is C20H17ClN4O3. The van der Waals surface area contributed by atoms with E-state index in [4.69, 9.17) is 11.6 Å². The van der Waals surface area contributed by atoms with Crippen molar-refractivity contribution in [3.05, 3.63) is 88.1 Å². The fourth-order valence-corrected chi connectivity index (χ4v) is 2.61. The van der Waals surface area contributed by atoms with Gasteiger partial charge in [0.25, 0.3) is 11.5 Å². The SMILES string of the molecule is O=C(CCNC(=O)c1ccc(-n2ccncc2=O)cc1)Nc1ccc(Cl)cc1. The first-order chi connectivity index (χ1) is 13.5. The molecule has 0 radical (unpaired) electrons. The maximum Gasteiger partial charge on any atom is 0.273 e. The average molecular weight is 397 g/mol. The zero-order valence-electron chi connectivity index (χ0n) is 14.8. The normalized spacial score (nSPS) is 10.3. The van der Waals surface area contributed by atoms with Crippen molar-refractivity contribution in [1.82, 2.24) is 14.9 Å². The lowest BCUT2D eigenvalue weighted by Crippen LogP contribution is -2.27. The molecule has 0 fully saturated rings. The Bertz CT molecular complexity index is 1030. The minimum absolute atomic E-state index is 0.138. The summed E-state index contributed by atoms with van der Waals surface area (Å²) in [6.07, 6.45) is 4.42. The molecule has 8 heteroatoms. The van der Waals surface area contributed by atoms with Crippen LogP contribution in [0.4, 0.5) is 5.69 Å². The van der Waals surface area contributed by atoms with Gasteiger partial charge in [-0.1, -0.05) is 11.6 Å². The van der Waals surface area contributed by atoms with Gasteiger partial charge in [-0.2, -0.15) is 0 Å². The number of benzene rings is 2. The molecule has 0 aliphatic rings. The van der Waals surface area contributed by atoms with E-state index in [0.717, 1.165) is 0 Å². The third-order valence-corrected chi connectivity index (χ3v) is 4.15. The summed E-state index contributed by atoms with van der Waals surface area (Å²) in [5, 5.41) is 6.01. The molecule has 2 N–H and O–H groups in total. The van der Waals surface area contributed by atoms with E-state index in [-0.39, 0.29) is 30.3 Å². The maximum atomic E-state index is 12.2. The van der Waals surface area contributed by atoms with Crippen molar-refractivity contribution in [2.75, 3.05) is 11.9 Å². The standard InChI is InChI=1S/C20H17ClN4O3/c21-15-3-5-16(6-4-15)24-18(26)9-10-23-20(28)14-1-7-17(8-2-14)25-12-11-22-13-19(25)27/h1-8,11-13H,9-10H2,(H,23,28)(H,24,26). The van der Waals surface area contributed by atoms with Crippen molar-refractivity contribution in [3.8, 4) is 5.69 Å². The van der Waals surface area contributed by atoms with Crippen molar-refractivity contribution in [2.24, 2.45) is 0 Å². The molecule has 0 spiro atoms. The highest BCUT2D eigenvalue weighted by Crippen LogP contribution is 2.13. The van der Waals surface area contributed by atoms with Crippen LogP contribution in [0.3, 0.4) is 0 Å². The molecule has 0 unspecified atom stereocenters. The van der Waals surface area contributed by atoms with Crippen LogP contribution in [0.25, 0.3) is 5.69 Å². The number of aromatic nitrogens is 2. The van der Waals surface area contributed by atoms with Crippen LogP contribution in [0.15, 0.2) is 71.9 Å². The van der Waals surface area contributed by atoms with E-state index in [9.17, 15) is 14.4 Å². The minimum atomic E-state index is -0.298. The Morgan fingerprint density at radius 3 is 2.43 bits per heavy atom. The van der Waals surface area contributed by atoms with Crippen molar-refractivity contribution in [3.63, 3.8) is 0 Å². The van der Waals surface area contributed by atoms with Gasteiger partial charge in [0.1, 0.15) is 0 Å². The van der Waals surface area contributed by atoms with Crippen molar-refractivity contribution in [1.29, 1.82) is 0 Å². The molecular weight excluding hydrogens is 380 g/mol. The zero-order chi connectivity index (χ0) is 19.9. The van der Waals surface area contributed by atoms with Crippen LogP contribution >= 0.6 is 11.6 Å². The molecule has 2 aromatic carbocycles. The molecule has 0 saturated carbocycles. The first-order valence-electron chi connectivity index (χ1n) is 8.50. The quantitative estimate of drug-likeness (QED) is 0.669. The van der Waals surface area contributed by atoms with E-state index in [1.54, 1.807) is 54.7 Å². The molecule has 28 heavy (non-hydrogen) atoms. The number of carbonyl (C=O) groups excluding carboxylic acids is 2. The number of amides is 2. The minimum Gasteiger partial charge on any atom is -0.352 e. The number of halogens is 1. The Balaban J connectivity index is 1.51. The second-order valence-corrected chi connectivity index (χ2v) is 6.33. The molecule has 3 aromatic rings. The summed E-state index contributed by atoms with van der Waals surface area (Å²) < 4.78 is 1.43. The Labute approximate surface area is 166 Å². The summed E-state index contributed by atoms with van der Waals surface area (Å²) in [5.74, 6) is -0.511. The molecule has 1 aromatic heterocycles. The van der Waals surface area contributed by atoms with Crippen LogP contribution in [0.1, 0.15) is 16.8 Å². The zero-order valence-corrected chi connectivity index (χ0v) is 15.5. The molecule has 0 bridgehead atoms. The number of hydrogen-bond donors (Lipinski definition) is 2. The van der Waals surface area contributed by atoms with Crippen LogP contribution in [0, 0.1) is 0 Å². The number of anilines is 1. The first-order valence-corrected chi connectivity index (χ1v) is 8.87. The van der Waals surface area contributed by atoms with Crippen molar-refractivity contribution >= 4 is 29.1 Å². The predicted molar refractivity (Wildman–Crippen MR) is 107 cm³/mol. The van der Waals surface area contributed by atoms with Gasteiger partial charge < -0.3 is 10.6 Å². The lowest BCUT2D eigenvalue weighted by molar-refractivity contribution is -0.116. The molecule has 1 heterocycles. The molecule has 0 aliphatic carbocycles. The van der Waals surface area contributed by atoms with Gasteiger partial charge in [0.2, 0.25) is 5.91 Å². The largest absolute Gasteiger partial charge is 0.352 e. The Kier molecular flexibility index (Phi) is 6.18. The van der Waals surface area contributed by atoms with E-state index < -0.39 is 0 Å². The Hall–Kier alpha value is -3.45. The third-order valence-electron chi connectivity index (χ3n) is 3.90. The fourth-order valence-electron chi connectivity index (χ4n) is 2.48. The molecule has 7 nitrogen and oxygen atoms in total. The summed E-state index contributed by atoms with van der Waals surface area (Å²) in [5.41, 5.74) is 1.45. The van der Waals surface area contributed by atoms with E-state index >= 15 is 0 Å². The summed E-state index contributed by atoms with van der Waals surface area (Å²) in [4.78, 5) is 39.6. The summed E-state index contributed by atoms with van der Waals surface area (Å²) in [6.45, 7) is 0.198. The predicted octanol–water partition coefficient (Wildman–Crippen LogP) is 2.64. The van der Waals surface area contributed by atoms with E-state index in [1.807, 2.05) is 0 Å². The molecule has 0 saturated heterocycles. The van der Waals surface area contributed by atoms with Crippen LogP contribution in [0.5, 0.6) is 0 Å². The van der Waals surface area contributed by atoms with Gasteiger partial charge in [-0.15, -0.1) is 0 Å². The molecule has 0 aliphatic heterocycles. The molecule has 142 valence electrons. The number of carbonyl (C=O) groups is 2. The van der Waals surface area contributed by atoms with Crippen molar-refractivity contribution in [2.45, 2.75) is 6.42 Å². The molecule has 2 amide bonds. The van der Waals surface area contributed by atoms with Crippen LogP contribution in [-0.2, 0) is 4.79 Å². The second kappa shape index (κ2) is 8.96. The monoisotopic (exact) mass is 396 g/mol. The van der Waals surface area contributed by atoms with Gasteiger partial charge in [-0.3, -0.25) is 23.9 Å². The fraction of sp³-hybridized carbons (Fsp3) is 0.100. The number of rotatable bonds is 6. The smallest absolute Gasteiger partial charge is 0.273 e. The van der Waals surface area contributed by atoms with Gasteiger partial charge >= 0.3 is 0 Å². The first kappa shape index (κ1) is 19.3. The van der Waals surface area contributed by atoms with Gasteiger partial charge in [-0.05, 0) is 48.5 Å². The highest BCUT2D eigenvalue weighted by Gasteiger charge is 2.08. The van der Waals surface area contributed by atoms with E-state index in [1.165, 1.54) is 17.0 Å². The van der Waals surface area contributed by atoms with Crippen LogP contribution in [-0.4, -0.2) is 27.9 Å². The average Bonchev–Trinajstić information content (AvgIpc) is 2.70. The van der Waals surface area contributed by atoms with Gasteiger partial charge in [-0.25, -0.2) is 0 Å². The van der Waals surface area contributed by atoms with E-state index in [0.29, 0.717) is 22.0 Å². The maximum absolute atomic E-state index is 12.2. The Morgan fingerprint density at radius 2 is 1.75 bits per heavy atom.